The van der Waals surface area contributed by atoms with Crippen LogP contribution in [-0.2, 0) is 0 Å². The van der Waals surface area contributed by atoms with Crippen LogP contribution >= 0.6 is 0 Å². The summed E-state index contributed by atoms with van der Waals surface area (Å²) < 4.78 is 12.4. The predicted octanol–water partition coefficient (Wildman–Crippen LogP) is 1.19. The summed E-state index contributed by atoms with van der Waals surface area (Å²) in [6.07, 6.45) is 2.79. The molecular weight excluding hydrogens is 131 g/mol. The van der Waals surface area contributed by atoms with Crippen molar-refractivity contribution in [2.45, 2.75) is 0 Å². The predicted molar refractivity (Wildman–Crippen MR) is 35.5 cm³/mol. The highest BCUT2D eigenvalue weighted by Gasteiger charge is 2.09. The van der Waals surface area contributed by atoms with Gasteiger partial charge in [0.2, 0.25) is 0 Å². The van der Waals surface area contributed by atoms with Crippen LogP contribution in [0.3, 0.4) is 0 Å². The molecule has 1 aliphatic rings. The minimum Gasteiger partial charge on any atom is -0.359 e. The Morgan fingerprint density at radius 3 is 2.90 bits per heavy atom. The standard InChI is InChI=1S/C7H7FN2/c1-10-5-6(8)2-3-7(10)4-9/h2-3H,5H2,1H3. The Bertz CT molecular complexity index is 234. The van der Waals surface area contributed by atoms with Crippen molar-refractivity contribution >= 4 is 0 Å². The molecule has 3 heteroatoms. The molecule has 0 unspecified atom stereocenters. The van der Waals surface area contributed by atoms with E-state index in [1.54, 1.807) is 11.9 Å². The van der Waals surface area contributed by atoms with Crippen molar-refractivity contribution < 1.29 is 4.39 Å². The maximum Gasteiger partial charge on any atom is 0.119 e. The maximum atomic E-state index is 12.4. The van der Waals surface area contributed by atoms with Crippen LogP contribution < -0.4 is 0 Å². The lowest BCUT2D eigenvalue weighted by Crippen LogP contribution is -2.20. The van der Waals surface area contributed by atoms with Crippen LogP contribution in [-0.4, -0.2) is 18.5 Å². The molecule has 0 spiro atoms. The first kappa shape index (κ1) is 6.81. The van der Waals surface area contributed by atoms with E-state index < -0.39 is 0 Å². The Hall–Kier alpha value is -1.30. The summed E-state index contributed by atoms with van der Waals surface area (Å²) in [5.41, 5.74) is 0.501. The number of rotatable bonds is 0. The highest BCUT2D eigenvalue weighted by atomic mass is 19.1. The second-order valence-electron chi connectivity index (χ2n) is 2.13. The smallest absolute Gasteiger partial charge is 0.119 e. The van der Waals surface area contributed by atoms with Gasteiger partial charge in [0.15, 0.2) is 0 Å². The average Bonchev–Trinajstić information content (AvgIpc) is 1.88. The molecule has 2 nitrogen and oxygen atoms in total. The summed E-state index contributed by atoms with van der Waals surface area (Å²) in [4.78, 5) is 1.56. The Morgan fingerprint density at radius 2 is 2.40 bits per heavy atom. The van der Waals surface area contributed by atoms with Crippen molar-refractivity contribution in [3.05, 3.63) is 23.7 Å². The molecule has 1 rings (SSSR count). The number of nitrogens with zero attached hydrogens (tertiary/aromatic N) is 2. The second kappa shape index (κ2) is 2.53. The normalized spacial score (nSPS) is 17.5. The van der Waals surface area contributed by atoms with E-state index in [0.29, 0.717) is 5.70 Å². The lowest BCUT2D eigenvalue weighted by atomic mass is 10.2. The number of nitriles is 1. The molecule has 0 aromatic rings. The van der Waals surface area contributed by atoms with E-state index in [4.69, 9.17) is 5.26 Å². The van der Waals surface area contributed by atoms with Gasteiger partial charge in [-0.05, 0) is 12.2 Å². The van der Waals surface area contributed by atoms with Crippen molar-refractivity contribution in [1.29, 1.82) is 5.26 Å². The van der Waals surface area contributed by atoms with Gasteiger partial charge in [0.05, 0.1) is 6.54 Å². The van der Waals surface area contributed by atoms with Gasteiger partial charge in [0, 0.05) is 7.05 Å². The van der Waals surface area contributed by atoms with Gasteiger partial charge in [-0.2, -0.15) is 5.26 Å². The molecule has 1 aliphatic heterocycles. The number of hydrogen-bond acceptors (Lipinski definition) is 2. The molecule has 10 heavy (non-hydrogen) atoms. The van der Waals surface area contributed by atoms with Crippen LogP contribution in [0.2, 0.25) is 0 Å². The fraction of sp³-hybridized carbons (Fsp3) is 0.286. The molecule has 0 aliphatic carbocycles. The van der Waals surface area contributed by atoms with Crippen molar-refractivity contribution in [1.82, 2.24) is 4.90 Å². The molecular formula is C7H7FN2. The molecule has 0 aromatic heterocycles. The number of allylic oxidation sites excluding steroid dienone is 3. The fourth-order valence-electron chi connectivity index (χ4n) is 0.784. The Balaban J connectivity index is 2.84. The first-order valence-electron chi connectivity index (χ1n) is 2.91. The van der Waals surface area contributed by atoms with Crippen LogP contribution in [0.5, 0.6) is 0 Å². The van der Waals surface area contributed by atoms with E-state index in [1.165, 1.54) is 12.2 Å². The number of likely N-dealkylation sites (N-methyl/N-ethyl adjacent to an activating group) is 1. The van der Waals surface area contributed by atoms with E-state index in [9.17, 15) is 4.39 Å². The van der Waals surface area contributed by atoms with E-state index in [0.717, 1.165) is 0 Å². The minimum absolute atomic E-state index is 0.207. The summed E-state index contributed by atoms with van der Waals surface area (Å²) >= 11 is 0. The molecule has 0 atom stereocenters. The van der Waals surface area contributed by atoms with Gasteiger partial charge in [0.25, 0.3) is 0 Å². The van der Waals surface area contributed by atoms with E-state index in [-0.39, 0.29) is 12.4 Å². The van der Waals surface area contributed by atoms with Crippen LogP contribution in [0.25, 0.3) is 0 Å². The lowest BCUT2D eigenvalue weighted by Gasteiger charge is -2.18. The fourth-order valence-corrected chi connectivity index (χ4v) is 0.784. The third kappa shape index (κ3) is 1.16. The summed E-state index contributed by atoms with van der Waals surface area (Å²) in [6, 6.07) is 1.95. The van der Waals surface area contributed by atoms with Gasteiger partial charge in [-0.25, -0.2) is 4.39 Å². The molecule has 1 heterocycles. The Kier molecular flexibility index (Phi) is 1.72. The van der Waals surface area contributed by atoms with E-state index in [1.807, 2.05) is 6.07 Å². The third-order valence-electron chi connectivity index (χ3n) is 1.34. The average molecular weight is 138 g/mol. The van der Waals surface area contributed by atoms with E-state index in [2.05, 4.69) is 0 Å². The Morgan fingerprint density at radius 1 is 1.70 bits per heavy atom. The highest BCUT2D eigenvalue weighted by molar-refractivity contribution is 5.29. The first-order chi connectivity index (χ1) is 4.74. The van der Waals surface area contributed by atoms with Gasteiger partial charge in [-0.3, -0.25) is 0 Å². The molecule has 0 radical (unpaired) electrons. The zero-order chi connectivity index (χ0) is 7.56. The van der Waals surface area contributed by atoms with E-state index >= 15 is 0 Å². The van der Waals surface area contributed by atoms with Crippen molar-refractivity contribution in [2.75, 3.05) is 13.6 Å². The molecule has 0 N–H and O–H groups in total. The summed E-state index contributed by atoms with van der Waals surface area (Å²) in [5.74, 6) is -0.207. The van der Waals surface area contributed by atoms with Gasteiger partial charge in [-0.15, -0.1) is 0 Å². The zero-order valence-electron chi connectivity index (χ0n) is 5.63. The minimum atomic E-state index is -0.207. The molecule has 52 valence electrons. The summed E-state index contributed by atoms with van der Waals surface area (Å²) in [6.45, 7) is 0.208. The quantitative estimate of drug-likeness (QED) is 0.502. The van der Waals surface area contributed by atoms with Gasteiger partial charge < -0.3 is 4.90 Å². The van der Waals surface area contributed by atoms with Crippen LogP contribution in [0.1, 0.15) is 0 Å². The zero-order valence-corrected chi connectivity index (χ0v) is 5.63. The molecule has 0 aromatic carbocycles. The molecule has 0 amide bonds. The monoisotopic (exact) mass is 138 g/mol. The maximum absolute atomic E-state index is 12.4. The molecule has 0 saturated heterocycles. The molecule has 0 bridgehead atoms. The number of hydrogen-bond donors (Lipinski definition) is 0. The SMILES string of the molecule is CN1CC(F)=CC=C1C#N. The third-order valence-corrected chi connectivity index (χ3v) is 1.34. The van der Waals surface area contributed by atoms with Gasteiger partial charge >= 0.3 is 0 Å². The molecule has 0 fully saturated rings. The van der Waals surface area contributed by atoms with Gasteiger partial charge in [-0.1, -0.05) is 0 Å². The summed E-state index contributed by atoms with van der Waals surface area (Å²) in [5, 5.41) is 8.44. The molecule has 0 saturated carbocycles. The van der Waals surface area contributed by atoms with Crippen molar-refractivity contribution in [2.24, 2.45) is 0 Å². The lowest BCUT2D eigenvalue weighted by molar-refractivity contribution is 0.412. The van der Waals surface area contributed by atoms with Crippen LogP contribution in [0.4, 0.5) is 4.39 Å². The van der Waals surface area contributed by atoms with Crippen molar-refractivity contribution in [3.63, 3.8) is 0 Å². The van der Waals surface area contributed by atoms with Crippen LogP contribution in [0, 0.1) is 11.3 Å². The van der Waals surface area contributed by atoms with Gasteiger partial charge in [0.1, 0.15) is 17.6 Å². The highest BCUT2D eigenvalue weighted by Crippen LogP contribution is 2.11. The second-order valence-corrected chi connectivity index (χ2v) is 2.13. The topological polar surface area (TPSA) is 27.0 Å². The van der Waals surface area contributed by atoms with Crippen LogP contribution in [0.15, 0.2) is 23.7 Å². The Labute approximate surface area is 58.9 Å². The number of halogens is 1. The summed E-state index contributed by atoms with van der Waals surface area (Å²) in [7, 11) is 1.68. The van der Waals surface area contributed by atoms with Crippen molar-refractivity contribution in [3.8, 4) is 6.07 Å². The largest absolute Gasteiger partial charge is 0.359 e. The first-order valence-corrected chi connectivity index (χ1v) is 2.91.